The Morgan fingerprint density at radius 2 is 2.00 bits per heavy atom. The van der Waals surface area contributed by atoms with Crippen LogP contribution in [-0.4, -0.2) is 55.0 Å². The first-order valence-corrected chi connectivity index (χ1v) is 13.8. The number of allylic oxidation sites excluding steroid dienone is 2. The molecule has 2 atom stereocenters. The molecular weight excluding hydrogens is 510 g/mol. The summed E-state index contributed by atoms with van der Waals surface area (Å²) < 4.78 is 1.15. The summed E-state index contributed by atoms with van der Waals surface area (Å²) in [6, 6.07) is 4.69. The van der Waals surface area contributed by atoms with Crippen molar-refractivity contribution in [2.24, 2.45) is 5.92 Å². The van der Waals surface area contributed by atoms with E-state index in [1.54, 1.807) is 0 Å². The smallest absolute Gasteiger partial charge is 0.226 e. The largest absolute Gasteiger partial charge is 0.372 e. The van der Waals surface area contributed by atoms with Gasteiger partial charge in [0.15, 0.2) is 0 Å². The number of benzene rings is 1. The van der Waals surface area contributed by atoms with Crippen molar-refractivity contribution in [1.82, 2.24) is 15.1 Å². The van der Waals surface area contributed by atoms with Gasteiger partial charge in [0, 0.05) is 54.7 Å². The van der Waals surface area contributed by atoms with Crippen LogP contribution in [0.3, 0.4) is 0 Å². The van der Waals surface area contributed by atoms with Crippen molar-refractivity contribution in [2.45, 2.75) is 57.4 Å². The number of halogens is 2. The summed E-state index contributed by atoms with van der Waals surface area (Å²) in [5.74, 6) is 1.25. The Balaban J connectivity index is 1.39. The van der Waals surface area contributed by atoms with Crippen LogP contribution in [0.1, 0.15) is 54.7 Å². The van der Waals surface area contributed by atoms with E-state index < -0.39 is 0 Å². The molecule has 0 aromatic heterocycles. The minimum Gasteiger partial charge on any atom is -0.372 e. The van der Waals surface area contributed by atoms with E-state index in [4.69, 9.17) is 11.6 Å². The Hall–Kier alpha value is -1.56. The van der Waals surface area contributed by atoms with E-state index in [1.807, 2.05) is 0 Å². The van der Waals surface area contributed by atoms with Crippen molar-refractivity contribution in [3.05, 3.63) is 67.8 Å². The first kappa shape index (κ1) is 24.1. The number of likely N-dealkylation sites (N-methyl/N-ethyl adjacent to an activating group) is 1. The Morgan fingerprint density at radius 3 is 2.74 bits per heavy atom. The third kappa shape index (κ3) is 4.89. The quantitative estimate of drug-likeness (QED) is 0.496. The zero-order valence-corrected chi connectivity index (χ0v) is 22.6. The molecule has 0 bridgehead atoms. The molecule has 1 saturated heterocycles. The minimum atomic E-state index is 0.304. The zero-order chi connectivity index (χ0) is 23.8. The first-order chi connectivity index (χ1) is 16.4. The SMILES string of the molecule is Cc1cc(Cl)cc2c1[C@@H](C1CCN(C(=O)CC3=CCNCC3)CC1)C1C(=CC(Br)=CN1C)CC2. The summed E-state index contributed by atoms with van der Waals surface area (Å²) in [5.41, 5.74) is 7.02. The molecule has 0 radical (unpaired) electrons. The molecule has 0 spiro atoms. The van der Waals surface area contributed by atoms with Gasteiger partial charge in [-0.25, -0.2) is 0 Å². The average molecular weight is 545 g/mol. The van der Waals surface area contributed by atoms with Crippen LogP contribution >= 0.6 is 27.5 Å². The highest BCUT2D eigenvalue weighted by Gasteiger charge is 2.41. The molecule has 1 fully saturated rings. The number of carbonyl (C=O) groups excluding carboxylic acids is 1. The van der Waals surface area contributed by atoms with E-state index in [9.17, 15) is 4.79 Å². The maximum absolute atomic E-state index is 13.0. The summed E-state index contributed by atoms with van der Waals surface area (Å²) in [7, 11) is 2.22. The number of nitrogens with one attached hydrogen (secondary N) is 1. The number of fused-ring (bicyclic) bond motifs is 2. The summed E-state index contributed by atoms with van der Waals surface area (Å²) in [6.45, 7) is 5.84. The number of rotatable bonds is 3. The maximum Gasteiger partial charge on any atom is 0.226 e. The molecule has 4 nitrogen and oxygen atoms in total. The fourth-order valence-corrected chi connectivity index (χ4v) is 7.53. The van der Waals surface area contributed by atoms with Crippen LogP contribution < -0.4 is 5.32 Å². The number of likely N-dealkylation sites (tertiary alicyclic amines) is 1. The number of nitrogens with zero attached hydrogens (tertiary/aromatic N) is 2. The van der Waals surface area contributed by atoms with Gasteiger partial charge in [-0.2, -0.15) is 0 Å². The number of hydrogen-bond acceptors (Lipinski definition) is 3. The minimum absolute atomic E-state index is 0.304. The van der Waals surface area contributed by atoms with E-state index in [-0.39, 0.29) is 0 Å². The van der Waals surface area contributed by atoms with Gasteiger partial charge in [-0.1, -0.05) is 23.3 Å². The summed E-state index contributed by atoms with van der Waals surface area (Å²) >= 11 is 10.2. The van der Waals surface area contributed by atoms with Crippen molar-refractivity contribution in [3.63, 3.8) is 0 Å². The lowest BCUT2D eigenvalue weighted by molar-refractivity contribution is -0.132. The number of piperidine rings is 1. The van der Waals surface area contributed by atoms with Gasteiger partial charge in [0.25, 0.3) is 0 Å². The third-order valence-electron chi connectivity index (χ3n) is 8.20. The molecule has 1 aliphatic carbocycles. The molecule has 1 aromatic rings. The van der Waals surface area contributed by atoms with Gasteiger partial charge in [-0.05, 0) is 108 Å². The molecular formula is C28H35BrClN3O. The van der Waals surface area contributed by atoms with E-state index in [1.165, 1.54) is 27.8 Å². The normalized spacial score (nSPS) is 25.6. The van der Waals surface area contributed by atoms with Crippen molar-refractivity contribution >= 4 is 33.4 Å². The molecule has 1 unspecified atom stereocenters. The zero-order valence-electron chi connectivity index (χ0n) is 20.2. The van der Waals surface area contributed by atoms with Gasteiger partial charge < -0.3 is 15.1 Å². The monoisotopic (exact) mass is 543 g/mol. The number of aryl methyl sites for hydroxylation is 2. The summed E-state index contributed by atoms with van der Waals surface area (Å²) in [5, 5.41) is 4.18. The molecule has 6 heteroatoms. The standard InChI is InChI=1S/C28H35BrClN3O/c1-18-13-24(30)16-21-3-4-22-15-23(29)17-32(2)28(22)27(26(18)21)20-7-11-33(12-8-20)25(34)14-19-5-9-31-10-6-19/h5,13,15-17,20,27-28,31H,3-4,6-12,14H2,1-2H3/t27-,28?/m1/s1. The molecule has 1 amide bonds. The van der Waals surface area contributed by atoms with E-state index in [0.29, 0.717) is 30.2 Å². The maximum atomic E-state index is 13.0. The fourth-order valence-electron chi connectivity index (χ4n) is 6.62. The number of carbonyl (C=O) groups is 1. The second-order valence-corrected chi connectivity index (χ2v) is 11.7. The predicted molar refractivity (Wildman–Crippen MR) is 143 cm³/mol. The number of amides is 1. The molecule has 1 aromatic carbocycles. The molecule has 5 rings (SSSR count). The van der Waals surface area contributed by atoms with E-state index in [0.717, 1.165) is 67.8 Å². The Morgan fingerprint density at radius 1 is 1.21 bits per heavy atom. The van der Waals surface area contributed by atoms with Crippen molar-refractivity contribution in [1.29, 1.82) is 0 Å². The second-order valence-electron chi connectivity index (χ2n) is 10.4. The molecule has 1 N–H and O–H groups in total. The molecule has 4 aliphatic rings. The highest BCUT2D eigenvalue weighted by Crippen LogP contribution is 2.47. The van der Waals surface area contributed by atoms with Gasteiger partial charge in [0.1, 0.15) is 0 Å². The van der Waals surface area contributed by atoms with Crippen molar-refractivity contribution in [3.8, 4) is 0 Å². The molecule has 0 saturated carbocycles. The van der Waals surface area contributed by atoms with Gasteiger partial charge in [0.05, 0.1) is 6.04 Å². The lowest BCUT2D eigenvalue weighted by atomic mass is 9.72. The Bertz CT molecular complexity index is 1050. The first-order valence-electron chi connectivity index (χ1n) is 12.7. The summed E-state index contributed by atoms with van der Waals surface area (Å²) in [4.78, 5) is 17.6. The van der Waals surface area contributed by atoms with Gasteiger partial charge in [0.2, 0.25) is 5.91 Å². The molecule has 3 heterocycles. The lowest BCUT2D eigenvalue weighted by Gasteiger charge is -2.44. The van der Waals surface area contributed by atoms with Crippen LogP contribution in [0, 0.1) is 12.8 Å². The molecule has 34 heavy (non-hydrogen) atoms. The van der Waals surface area contributed by atoms with Crippen LogP contribution in [0.5, 0.6) is 0 Å². The van der Waals surface area contributed by atoms with Crippen LogP contribution in [0.4, 0.5) is 0 Å². The summed E-state index contributed by atoms with van der Waals surface area (Å²) in [6.07, 6.45) is 12.6. The molecule has 182 valence electrons. The van der Waals surface area contributed by atoms with Gasteiger partial charge in [-0.3, -0.25) is 4.79 Å². The lowest BCUT2D eigenvalue weighted by Crippen LogP contribution is -2.45. The van der Waals surface area contributed by atoms with E-state index >= 15 is 0 Å². The second kappa shape index (κ2) is 10.2. The van der Waals surface area contributed by atoms with Gasteiger partial charge >= 0.3 is 0 Å². The van der Waals surface area contributed by atoms with Crippen LogP contribution in [0.15, 0.2) is 46.1 Å². The fraction of sp³-hybridized carbons (Fsp3) is 0.536. The van der Waals surface area contributed by atoms with Crippen LogP contribution in [0.2, 0.25) is 5.02 Å². The third-order valence-corrected chi connectivity index (χ3v) is 8.85. The van der Waals surface area contributed by atoms with Crippen LogP contribution in [0.25, 0.3) is 0 Å². The molecule has 3 aliphatic heterocycles. The van der Waals surface area contributed by atoms with Gasteiger partial charge in [-0.15, -0.1) is 0 Å². The highest BCUT2D eigenvalue weighted by atomic mass is 79.9. The van der Waals surface area contributed by atoms with E-state index in [2.05, 4.69) is 75.5 Å². The van der Waals surface area contributed by atoms with Crippen molar-refractivity contribution in [2.75, 3.05) is 33.2 Å². The topological polar surface area (TPSA) is 35.6 Å². The highest BCUT2D eigenvalue weighted by molar-refractivity contribution is 9.11. The Kier molecular flexibility index (Phi) is 7.25. The Labute approximate surface area is 217 Å². The average Bonchev–Trinajstić information content (AvgIpc) is 2.97. The number of hydrogen-bond donors (Lipinski definition) is 1. The van der Waals surface area contributed by atoms with Crippen LogP contribution in [-0.2, 0) is 11.2 Å². The van der Waals surface area contributed by atoms with Crippen molar-refractivity contribution < 1.29 is 4.79 Å². The predicted octanol–water partition coefficient (Wildman–Crippen LogP) is 5.70.